The van der Waals surface area contributed by atoms with Crippen molar-refractivity contribution in [1.29, 1.82) is 0 Å². The standard InChI is InChI=1S/C17H29N3O2/c1-6-18-17(20-14(3)12-21-4)19-10-9-15-11-13(2)7-8-16(15)22-5/h7-8,11,14H,6,9-10,12H2,1-5H3,(H2,18,19,20). The maximum Gasteiger partial charge on any atom is 0.191 e. The van der Waals surface area contributed by atoms with E-state index in [0.29, 0.717) is 13.2 Å². The van der Waals surface area contributed by atoms with Crippen molar-refractivity contribution in [3.8, 4) is 5.75 Å². The summed E-state index contributed by atoms with van der Waals surface area (Å²) in [5, 5.41) is 6.58. The van der Waals surface area contributed by atoms with Crippen LogP contribution in [0.1, 0.15) is 25.0 Å². The maximum atomic E-state index is 5.41. The minimum absolute atomic E-state index is 0.219. The van der Waals surface area contributed by atoms with Crippen LogP contribution in [0.3, 0.4) is 0 Å². The fraction of sp³-hybridized carbons (Fsp3) is 0.588. The van der Waals surface area contributed by atoms with Gasteiger partial charge >= 0.3 is 0 Å². The lowest BCUT2D eigenvalue weighted by Crippen LogP contribution is -2.44. The summed E-state index contributed by atoms with van der Waals surface area (Å²) in [5.74, 6) is 1.74. The molecule has 1 aromatic carbocycles. The van der Waals surface area contributed by atoms with Crippen molar-refractivity contribution in [3.63, 3.8) is 0 Å². The number of nitrogens with one attached hydrogen (secondary N) is 2. The molecule has 0 heterocycles. The molecule has 22 heavy (non-hydrogen) atoms. The number of guanidine groups is 1. The van der Waals surface area contributed by atoms with Crippen molar-refractivity contribution in [2.45, 2.75) is 33.2 Å². The van der Waals surface area contributed by atoms with E-state index in [4.69, 9.17) is 9.47 Å². The Morgan fingerprint density at radius 3 is 2.73 bits per heavy atom. The minimum Gasteiger partial charge on any atom is -0.496 e. The summed E-state index contributed by atoms with van der Waals surface area (Å²) in [6, 6.07) is 6.45. The fourth-order valence-electron chi connectivity index (χ4n) is 2.24. The number of ether oxygens (including phenoxy) is 2. The molecule has 0 aromatic heterocycles. The second-order valence-electron chi connectivity index (χ2n) is 5.33. The molecule has 0 aliphatic heterocycles. The van der Waals surface area contributed by atoms with E-state index in [2.05, 4.69) is 48.5 Å². The molecule has 2 N–H and O–H groups in total. The van der Waals surface area contributed by atoms with E-state index in [0.717, 1.165) is 24.7 Å². The van der Waals surface area contributed by atoms with Crippen LogP contribution in [0.15, 0.2) is 23.2 Å². The van der Waals surface area contributed by atoms with Gasteiger partial charge in [-0.25, -0.2) is 0 Å². The van der Waals surface area contributed by atoms with Crippen LogP contribution in [0, 0.1) is 6.92 Å². The molecule has 1 rings (SSSR count). The topological polar surface area (TPSA) is 54.9 Å². The predicted molar refractivity (Wildman–Crippen MR) is 91.9 cm³/mol. The molecule has 5 nitrogen and oxygen atoms in total. The van der Waals surface area contributed by atoms with E-state index in [9.17, 15) is 0 Å². The highest BCUT2D eigenvalue weighted by atomic mass is 16.5. The number of methoxy groups -OCH3 is 2. The molecule has 0 spiro atoms. The van der Waals surface area contributed by atoms with Crippen molar-refractivity contribution in [2.24, 2.45) is 4.99 Å². The Labute approximate surface area is 134 Å². The van der Waals surface area contributed by atoms with Crippen molar-refractivity contribution in [3.05, 3.63) is 29.3 Å². The Hall–Kier alpha value is -1.75. The maximum absolute atomic E-state index is 5.41. The van der Waals surface area contributed by atoms with E-state index in [1.165, 1.54) is 11.1 Å². The monoisotopic (exact) mass is 307 g/mol. The Balaban J connectivity index is 2.65. The van der Waals surface area contributed by atoms with Gasteiger partial charge in [0, 0.05) is 26.2 Å². The van der Waals surface area contributed by atoms with E-state index < -0.39 is 0 Å². The Morgan fingerprint density at radius 1 is 1.32 bits per heavy atom. The zero-order valence-corrected chi connectivity index (χ0v) is 14.4. The van der Waals surface area contributed by atoms with Gasteiger partial charge in [-0.05, 0) is 38.8 Å². The van der Waals surface area contributed by atoms with Crippen LogP contribution in [-0.2, 0) is 11.2 Å². The first kappa shape index (κ1) is 18.3. The predicted octanol–water partition coefficient (Wildman–Crippen LogP) is 2.14. The van der Waals surface area contributed by atoms with Crippen molar-refractivity contribution in [1.82, 2.24) is 10.6 Å². The molecule has 0 bridgehead atoms. The lowest BCUT2D eigenvalue weighted by molar-refractivity contribution is 0.179. The zero-order chi connectivity index (χ0) is 16.4. The van der Waals surface area contributed by atoms with Gasteiger partial charge in [0.25, 0.3) is 0 Å². The van der Waals surface area contributed by atoms with Gasteiger partial charge in [0.05, 0.1) is 13.7 Å². The summed E-state index contributed by atoms with van der Waals surface area (Å²) in [7, 11) is 3.40. The third-order valence-electron chi connectivity index (χ3n) is 3.23. The van der Waals surface area contributed by atoms with Crippen LogP contribution < -0.4 is 15.4 Å². The highest BCUT2D eigenvalue weighted by Crippen LogP contribution is 2.20. The first-order valence-electron chi connectivity index (χ1n) is 7.78. The van der Waals surface area contributed by atoms with Gasteiger partial charge in [-0.15, -0.1) is 0 Å². The largest absolute Gasteiger partial charge is 0.496 e. The first-order valence-corrected chi connectivity index (χ1v) is 7.78. The van der Waals surface area contributed by atoms with Crippen molar-refractivity contribution >= 4 is 5.96 Å². The molecule has 1 atom stereocenters. The average molecular weight is 307 g/mol. The van der Waals surface area contributed by atoms with E-state index in [-0.39, 0.29) is 6.04 Å². The van der Waals surface area contributed by atoms with Crippen LogP contribution in [0.5, 0.6) is 5.75 Å². The molecular formula is C17H29N3O2. The number of benzene rings is 1. The average Bonchev–Trinajstić information content (AvgIpc) is 2.48. The number of hydrogen-bond donors (Lipinski definition) is 2. The highest BCUT2D eigenvalue weighted by molar-refractivity contribution is 5.80. The smallest absolute Gasteiger partial charge is 0.191 e. The van der Waals surface area contributed by atoms with Gasteiger partial charge in [0.15, 0.2) is 5.96 Å². The number of hydrogen-bond acceptors (Lipinski definition) is 3. The number of aryl methyl sites for hydroxylation is 1. The molecule has 0 aliphatic rings. The normalized spacial score (nSPS) is 12.9. The summed E-state index contributed by atoms with van der Waals surface area (Å²) in [4.78, 5) is 4.62. The Morgan fingerprint density at radius 2 is 2.09 bits per heavy atom. The van der Waals surface area contributed by atoms with Crippen LogP contribution in [-0.4, -0.2) is 45.9 Å². The SMILES string of the molecule is CCNC(=NCCc1cc(C)ccc1OC)NC(C)COC. The number of nitrogens with zero attached hydrogens (tertiary/aromatic N) is 1. The molecule has 1 aromatic rings. The van der Waals surface area contributed by atoms with Gasteiger partial charge in [0.2, 0.25) is 0 Å². The zero-order valence-electron chi connectivity index (χ0n) is 14.4. The Kier molecular flexibility index (Phi) is 8.36. The van der Waals surface area contributed by atoms with Crippen LogP contribution in [0.4, 0.5) is 0 Å². The van der Waals surface area contributed by atoms with Gasteiger partial charge in [0.1, 0.15) is 5.75 Å². The number of rotatable bonds is 8. The summed E-state index contributed by atoms with van der Waals surface area (Å²) >= 11 is 0. The molecule has 0 fully saturated rings. The molecule has 0 radical (unpaired) electrons. The summed E-state index contributed by atoms with van der Waals surface area (Å²) < 4.78 is 10.5. The minimum atomic E-state index is 0.219. The van der Waals surface area contributed by atoms with Gasteiger partial charge < -0.3 is 20.1 Å². The molecule has 124 valence electrons. The quantitative estimate of drug-likeness (QED) is 0.571. The molecule has 0 amide bonds. The molecule has 1 unspecified atom stereocenters. The van der Waals surface area contributed by atoms with E-state index >= 15 is 0 Å². The van der Waals surface area contributed by atoms with Crippen molar-refractivity contribution < 1.29 is 9.47 Å². The van der Waals surface area contributed by atoms with Gasteiger partial charge in [-0.1, -0.05) is 17.7 Å². The third-order valence-corrected chi connectivity index (χ3v) is 3.23. The molecule has 5 heteroatoms. The fourth-order valence-corrected chi connectivity index (χ4v) is 2.24. The number of aliphatic imine (C=N–C) groups is 1. The second kappa shape index (κ2) is 10.1. The molecule has 0 saturated heterocycles. The summed E-state index contributed by atoms with van der Waals surface area (Å²) in [5.41, 5.74) is 2.42. The molecule has 0 saturated carbocycles. The van der Waals surface area contributed by atoms with Crippen LogP contribution in [0.25, 0.3) is 0 Å². The third kappa shape index (κ3) is 6.35. The van der Waals surface area contributed by atoms with Gasteiger partial charge in [-0.2, -0.15) is 0 Å². The lowest BCUT2D eigenvalue weighted by atomic mass is 10.1. The van der Waals surface area contributed by atoms with E-state index in [1.807, 2.05) is 6.07 Å². The lowest BCUT2D eigenvalue weighted by Gasteiger charge is -2.17. The molecule has 0 aliphatic carbocycles. The first-order chi connectivity index (χ1) is 10.6. The second-order valence-corrected chi connectivity index (χ2v) is 5.33. The summed E-state index contributed by atoms with van der Waals surface area (Å²) in [6.45, 7) is 8.40. The molecular weight excluding hydrogens is 278 g/mol. The van der Waals surface area contributed by atoms with E-state index in [1.54, 1.807) is 14.2 Å². The van der Waals surface area contributed by atoms with Crippen LogP contribution >= 0.6 is 0 Å². The highest BCUT2D eigenvalue weighted by Gasteiger charge is 2.06. The van der Waals surface area contributed by atoms with Gasteiger partial charge in [-0.3, -0.25) is 4.99 Å². The van der Waals surface area contributed by atoms with Crippen LogP contribution in [0.2, 0.25) is 0 Å². The van der Waals surface area contributed by atoms with Crippen molar-refractivity contribution in [2.75, 3.05) is 33.9 Å². The summed E-state index contributed by atoms with van der Waals surface area (Å²) in [6.07, 6.45) is 0.847. The Bertz CT molecular complexity index is 475.